The molecular weight excluding hydrogens is 444 g/mol. The van der Waals surface area contributed by atoms with Gasteiger partial charge in [-0.2, -0.15) is 0 Å². The van der Waals surface area contributed by atoms with Crippen LogP contribution in [-0.2, 0) is 37.1 Å². The first kappa shape index (κ1) is 25.7. The lowest BCUT2D eigenvalue weighted by molar-refractivity contribution is -0.164. The molecule has 0 fully saturated rings. The van der Waals surface area contributed by atoms with E-state index in [4.69, 9.17) is 14.2 Å². The van der Waals surface area contributed by atoms with E-state index in [2.05, 4.69) is 0 Å². The van der Waals surface area contributed by atoms with Gasteiger partial charge in [0.25, 0.3) is 0 Å². The Kier molecular flexibility index (Phi) is 9.60. The topological polar surface area (TPSA) is 78.9 Å². The van der Waals surface area contributed by atoms with Gasteiger partial charge in [-0.05, 0) is 48.1 Å². The standard InChI is InChI=1S/C29H30O6/c1-21(30)17-25(24-13-15-26(33-2)16-14-24)18-27(28(31)34-19-22-9-5-3-6-10-22)29(32)35-20-23-11-7-4-8-12-23/h3-16,25,27H,17-20H2,1-2H3. The molecular formula is C29H30O6. The first-order valence-electron chi connectivity index (χ1n) is 11.5. The van der Waals surface area contributed by atoms with E-state index < -0.39 is 17.9 Å². The van der Waals surface area contributed by atoms with Crippen molar-refractivity contribution in [3.63, 3.8) is 0 Å². The summed E-state index contributed by atoms with van der Waals surface area (Å²) >= 11 is 0. The first-order valence-corrected chi connectivity index (χ1v) is 11.5. The van der Waals surface area contributed by atoms with Gasteiger partial charge in [-0.25, -0.2) is 0 Å². The molecule has 0 aliphatic rings. The molecule has 0 saturated heterocycles. The summed E-state index contributed by atoms with van der Waals surface area (Å²) in [7, 11) is 1.57. The van der Waals surface area contributed by atoms with Crippen molar-refractivity contribution in [2.75, 3.05) is 7.11 Å². The molecule has 3 aromatic carbocycles. The summed E-state index contributed by atoms with van der Waals surface area (Å²) in [5.41, 5.74) is 2.46. The molecule has 35 heavy (non-hydrogen) atoms. The zero-order valence-electron chi connectivity index (χ0n) is 20.0. The summed E-state index contributed by atoms with van der Waals surface area (Å²) < 4.78 is 16.2. The van der Waals surface area contributed by atoms with Crippen LogP contribution in [-0.4, -0.2) is 24.8 Å². The number of hydrogen-bond donors (Lipinski definition) is 0. The number of ketones is 1. The normalized spacial score (nSPS) is 11.5. The third-order valence-corrected chi connectivity index (χ3v) is 5.66. The van der Waals surface area contributed by atoms with E-state index in [0.29, 0.717) is 5.75 Å². The van der Waals surface area contributed by atoms with Crippen molar-refractivity contribution >= 4 is 17.7 Å². The minimum Gasteiger partial charge on any atom is -0.497 e. The highest BCUT2D eigenvalue weighted by molar-refractivity contribution is 5.95. The Labute approximate surface area is 205 Å². The highest BCUT2D eigenvalue weighted by Crippen LogP contribution is 2.30. The third kappa shape index (κ3) is 8.10. The predicted molar refractivity (Wildman–Crippen MR) is 132 cm³/mol. The van der Waals surface area contributed by atoms with E-state index in [1.165, 1.54) is 6.92 Å². The highest BCUT2D eigenvalue weighted by atomic mass is 16.6. The van der Waals surface area contributed by atoms with Crippen LogP contribution in [0.3, 0.4) is 0 Å². The lowest BCUT2D eigenvalue weighted by Gasteiger charge is -2.22. The molecule has 0 bridgehead atoms. The monoisotopic (exact) mass is 474 g/mol. The van der Waals surface area contributed by atoms with E-state index in [1.54, 1.807) is 19.2 Å². The van der Waals surface area contributed by atoms with Crippen LogP contribution in [0, 0.1) is 5.92 Å². The number of benzene rings is 3. The van der Waals surface area contributed by atoms with E-state index in [0.717, 1.165) is 16.7 Å². The summed E-state index contributed by atoms with van der Waals surface area (Å²) in [6.45, 7) is 1.58. The van der Waals surface area contributed by atoms with Crippen molar-refractivity contribution in [3.8, 4) is 5.75 Å². The van der Waals surface area contributed by atoms with Crippen molar-refractivity contribution in [1.82, 2.24) is 0 Å². The molecule has 0 aliphatic heterocycles. The van der Waals surface area contributed by atoms with Gasteiger partial charge in [0.05, 0.1) is 7.11 Å². The molecule has 3 rings (SSSR count). The van der Waals surface area contributed by atoms with Gasteiger partial charge in [-0.15, -0.1) is 0 Å². The molecule has 0 heterocycles. The van der Waals surface area contributed by atoms with Crippen LogP contribution in [0.15, 0.2) is 84.9 Å². The number of hydrogen-bond acceptors (Lipinski definition) is 6. The first-order chi connectivity index (χ1) is 17.0. The van der Waals surface area contributed by atoms with Crippen LogP contribution in [0.4, 0.5) is 0 Å². The number of methoxy groups -OCH3 is 1. The fourth-order valence-electron chi connectivity index (χ4n) is 3.79. The summed E-state index contributed by atoms with van der Waals surface area (Å²) in [5, 5.41) is 0. The molecule has 6 heteroatoms. The molecule has 1 unspecified atom stereocenters. The number of ether oxygens (including phenoxy) is 3. The van der Waals surface area contributed by atoms with E-state index in [1.807, 2.05) is 72.8 Å². The Morgan fingerprint density at radius 2 is 1.20 bits per heavy atom. The van der Waals surface area contributed by atoms with Gasteiger partial charge in [0.15, 0.2) is 5.92 Å². The SMILES string of the molecule is COc1ccc(C(CC(C)=O)CC(C(=O)OCc2ccccc2)C(=O)OCc2ccccc2)cc1. The Hall–Kier alpha value is -3.93. The third-order valence-electron chi connectivity index (χ3n) is 5.66. The van der Waals surface area contributed by atoms with Gasteiger partial charge < -0.3 is 19.0 Å². The molecule has 0 spiro atoms. The van der Waals surface area contributed by atoms with Crippen LogP contribution < -0.4 is 4.74 Å². The summed E-state index contributed by atoms with van der Waals surface area (Å²) in [6.07, 6.45) is 0.272. The molecule has 0 aliphatic carbocycles. The molecule has 1 atom stereocenters. The molecule has 0 saturated carbocycles. The molecule has 6 nitrogen and oxygen atoms in total. The zero-order valence-corrected chi connectivity index (χ0v) is 20.0. The molecule has 0 amide bonds. The predicted octanol–water partition coefficient (Wildman–Crippen LogP) is 5.25. The zero-order chi connectivity index (χ0) is 25.0. The number of carbonyl (C=O) groups is 3. The fraction of sp³-hybridized carbons (Fsp3) is 0.276. The second-order valence-corrected chi connectivity index (χ2v) is 8.35. The van der Waals surface area contributed by atoms with Gasteiger partial charge >= 0.3 is 11.9 Å². The second-order valence-electron chi connectivity index (χ2n) is 8.35. The Bertz CT molecular complexity index is 1040. The minimum absolute atomic E-state index is 0.0418. The quantitative estimate of drug-likeness (QED) is 0.263. The number of esters is 2. The summed E-state index contributed by atoms with van der Waals surface area (Å²) in [5.74, 6) is -2.25. The largest absolute Gasteiger partial charge is 0.497 e. The summed E-state index contributed by atoms with van der Waals surface area (Å²) in [6, 6.07) is 25.8. The molecule has 0 aromatic heterocycles. The van der Waals surface area contributed by atoms with E-state index in [9.17, 15) is 14.4 Å². The number of carbonyl (C=O) groups excluding carboxylic acids is 3. The number of rotatable bonds is 12. The van der Waals surface area contributed by atoms with Crippen molar-refractivity contribution < 1.29 is 28.6 Å². The maximum Gasteiger partial charge on any atom is 0.320 e. The number of Topliss-reactive ketones (excluding diaryl/α,β-unsaturated/α-hetero) is 1. The maximum absolute atomic E-state index is 13.1. The van der Waals surface area contributed by atoms with Crippen LogP contribution >= 0.6 is 0 Å². The van der Waals surface area contributed by atoms with Crippen molar-refractivity contribution in [2.45, 2.75) is 38.9 Å². The van der Waals surface area contributed by atoms with E-state index >= 15 is 0 Å². The van der Waals surface area contributed by atoms with Gasteiger partial charge in [-0.1, -0.05) is 72.8 Å². The lowest BCUT2D eigenvalue weighted by Crippen LogP contribution is -2.30. The van der Waals surface area contributed by atoms with Crippen molar-refractivity contribution in [1.29, 1.82) is 0 Å². The van der Waals surface area contributed by atoms with Crippen LogP contribution in [0.1, 0.15) is 42.4 Å². The smallest absolute Gasteiger partial charge is 0.320 e. The average Bonchev–Trinajstić information content (AvgIpc) is 2.89. The van der Waals surface area contributed by atoms with Crippen LogP contribution in [0.2, 0.25) is 0 Å². The molecule has 0 N–H and O–H groups in total. The van der Waals surface area contributed by atoms with Gasteiger partial charge in [-0.3, -0.25) is 9.59 Å². The Balaban J connectivity index is 1.79. The van der Waals surface area contributed by atoms with Crippen molar-refractivity contribution in [3.05, 3.63) is 102 Å². The molecule has 0 radical (unpaired) electrons. The average molecular weight is 475 g/mol. The molecule has 182 valence electrons. The Morgan fingerprint density at radius 1 is 0.714 bits per heavy atom. The fourth-order valence-corrected chi connectivity index (χ4v) is 3.79. The van der Waals surface area contributed by atoms with Gasteiger partial charge in [0, 0.05) is 6.42 Å². The van der Waals surface area contributed by atoms with Crippen molar-refractivity contribution in [2.24, 2.45) is 5.92 Å². The lowest BCUT2D eigenvalue weighted by atomic mass is 9.85. The van der Waals surface area contributed by atoms with Crippen LogP contribution in [0.25, 0.3) is 0 Å². The Morgan fingerprint density at radius 3 is 1.63 bits per heavy atom. The van der Waals surface area contributed by atoms with Gasteiger partial charge in [0.1, 0.15) is 24.7 Å². The maximum atomic E-state index is 13.1. The van der Waals surface area contributed by atoms with Crippen LogP contribution in [0.5, 0.6) is 5.75 Å². The second kappa shape index (κ2) is 13.1. The summed E-state index contributed by atoms with van der Waals surface area (Å²) in [4.78, 5) is 38.2. The van der Waals surface area contributed by atoms with Gasteiger partial charge in [0.2, 0.25) is 0 Å². The minimum atomic E-state index is -1.17. The van der Waals surface area contributed by atoms with E-state index in [-0.39, 0.29) is 37.8 Å². The molecule has 3 aromatic rings. The highest BCUT2D eigenvalue weighted by Gasteiger charge is 2.33.